The topological polar surface area (TPSA) is 35.5 Å². The molecule has 0 fully saturated rings. The highest BCUT2D eigenvalue weighted by atomic mass is 28.3. The van der Waals surface area contributed by atoms with Gasteiger partial charge < -0.3 is 8.85 Å². The first-order valence-corrected chi connectivity index (χ1v) is 5.63. The lowest BCUT2D eigenvalue weighted by atomic mass is 10.4. The summed E-state index contributed by atoms with van der Waals surface area (Å²) in [5, 5.41) is 0. The Morgan fingerprint density at radius 3 is 2.64 bits per heavy atom. The van der Waals surface area contributed by atoms with Crippen LogP contribution >= 0.6 is 0 Å². The van der Waals surface area contributed by atoms with E-state index in [2.05, 4.69) is 6.92 Å². The molecule has 0 amide bonds. The fourth-order valence-corrected chi connectivity index (χ4v) is 1.49. The smallest absolute Gasteiger partial charge is 0.456 e. The number of hydrogen-bond donors (Lipinski definition) is 0. The standard InChI is InChI=1S/C7H15O3Si/c1-4-5-6-9-11(3)10-7(2)8/h4-6H2,1-3H3. The van der Waals surface area contributed by atoms with E-state index in [9.17, 15) is 4.79 Å². The monoisotopic (exact) mass is 175 g/mol. The molecule has 0 aromatic heterocycles. The Morgan fingerprint density at radius 1 is 1.55 bits per heavy atom. The van der Waals surface area contributed by atoms with E-state index in [1.807, 2.05) is 6.55 Å². The maximum absolute atomic E-state index is 10.4. The van der Waals surface area contributed by atoms with Crippen molar-refractivity contribution in [1.29, 1.82) is 0 Å². The molecule has 4 heteroatoms. The summed E-state index contributed by atoms with van der Waals surface area (Å²) in [4.78, 5) is 10.4. The van der Waals surface area contributed by atoms with Crippen molar-refractivity contribution in [1.82, 2.24) is 0 Å². The molecular weight excluding hydrogens is 160 g/mol. The molecule has 3 nitrogen and oxygen atoms in total. The predicted molar refractivity (Wildman–Crippen MR) is 44.2 cm³/mol. The van der Waals surface area contributed by atoms with Crippen molar-refractivity contribution in [2.24, 2.45) is 0 Å². The van der Waals surface area contributed by atoms with Gasteiger partial charge in [-0.15, -0.1) is 0 Å². The van der Waals surface area contributed by atoms with Gasteiger partial charge in [-0.1, -0.05) is 13.3 Å². The Morgan fingerprint density at radius 2 is 2.18 bits per heavy atom. The van der Waals surface area contributed by atoms with Gasteiger partial charge in [-0.05, 0) is 13.0 Å². The summed E-state index contributed by atoms with van der Waals surface area (Å²) in [5.41, 5.74) is 0. The molecule has 0 aromatic rings. The van der Waals surface area contributed by atoms with E-state index < -0.39 is 9.28 Å². The molecule has 0 atom stereocenters. The largest absolute Gasteiger partial charge is 0.492 e. The molecule has 0 unspecified atom stereocenters. The zero-order valence-corrected chi connectivity index (χ0v) is 8.35. The summed E-state index contributed by atoms with van der Waals surface area (Å²) in [5.74, 6) is -0.252. The van der Waals surface area contributed by atoms with E-state index in [0.29, 0.717) is 6.61 Å². The number of unbranched alkanes of at least 4 members (excludes halogenated alkanes) is 1. The number of hydrogen-bond acceptors (Lipinski definition) is 3. The molecule has 0 aliphatic carbocycles. The minimum atomic E-state index is -1.31. The summed E-state index contributed by atoms with van der Waals surface area (Å²) in [6.07, 6.45) is 2.14. The first-order valence-electron chi connectivity index (χ1n) is 3.81. The van der Waals surface area contributed by atoms with Gasteiger partial charge >= 0.3 is 9.28 Å². The quantitative estimate of drug-likeness (QED) is 0.469. The number of rotatable bonds is 5. The van der Waals surface area contributed by atoms with Crippen LogP contribution in [0.5, 0.6) is 0 Å². The van der Waals surface area contributed by atoms with Crippen LogP contribution in [0.3, 0.4) is 0 Å². The number of carbonyl (C=O) groups is 1. The Hall–Kier alpha value is -0.353. The predicted octanol–water partition coefficient (Wildman–Crippen LogP) is 1.48. The van der Waals surface area contributed by atoms with Gasteiger partial charge in [0.25, 0.3) is 5.97 Å². The molecule has 0 bridgehead atoms. The molecule has 0 heterocycles. The van der Waals surface area contributed by atoms with Crippen LogP contribution in [0.4, 0.5) is 0 Å². The second-order valence-electron chi connectivity index (χ2n) is 2.29. The minimum absolute atomic E-state index is 0.252. The highest BCUT2D eigenvalue weighted by Crippen LogP contribution is 1.93. The fraction of sp³-hybridized carbons (Fsp3) is 0.857. The molecule has 0 saturated heterocycles. The van der Waals surface area contributed by atoms with Gasteiger partial charge in [0.1, 0.15) is 0 Å². The van der Waals surface area contributed by atoms with Gasteiger partial charge in [-0.2, -0.15) is 0 Å². The normalized spacial score (nSPS) is 10.2. The average molecular weight is 175 g/mol. The molecule has 0 rings (SSSR count). The van der Waals surface area contributed by atoms with E-state index in [-0.39, 0.29) is 5.97 Å². The zero-order chi connectivity index (χ0) is 8.69. The van der Waals surface area contributed by atoms with Crippen molar-refractivity contribution < 1.29 is 13.6 Å². The molecule has 0 aromatic carbocycles. The maximum atomic E-state index is 10.4. The second kappa shape index (κ2) is 6.36. The summed E-state index contributed by atoms with van der Waals surface area (Å²) >= 11 is 0. The summed E-state index contributed by atoms with van der Waals surface area (Å²) in [6, 6.07) is 0. The first-order chi connectivity index (χ1) is 5.16. The van der Waals surface area contributed by atoms with Crippen LogP contribution in [0, 0.1) is 0 Å². The van der Waals surface area contributed by atoms with Crippen molar-refractivity contribution in [3.05, 3.63) is 0 Å². The Bertz CT molecular complexity index is 116. The molecule has 0 aliphatic heterocycles. The van der Waals surface area contributed by atoms with Crippen LogP contribution in [0.15, 0.2) is 0 Å². The van der Waals surface area contributed by atoms with Gasteiger partial charge in [0.15, 0.2) is 0 Å². The van der Waals surface area contributed by atoms with E-state index in [1.54, 1.807) is 0 Å². The minimum Gasteiger partial charge on any atom is -0.492 e. The van der Waals surface area contributed by atoms with Crippen LogP contribution in [-0.4, -0.2) is 21.9 Å². The van der Waals surface area contributed by atoms with E-state index in [0.717, 1.165) is 12.8 Å². The highest BCUT2D eigenvalue weighted by Gasteiger charge is 2.10. The summed E-state index contributed by atoms with van der Waals surface area (Å²) in [6.45, 7) is 6.02. The van der Waals surface area contributed by atoms with Gasteiger partial charge in [-0.3, -0.25) is 4.79 Å². The van der Waals surface area contributed by atoms with Crippen LogP contribution < -0.4 is 0 Å². The van der Waals surface area contributed by atoms with Gasteiger partial charge in [0.2, 0.25) is 0 Å². The van der Waals surface area contributed by atoms with Crippen LogP contribution in [0.25, 0.3) is 0 Å². The van der Waals surface area contributed by atoms with Crippen molar-refractivity contribution in [2.45, 2.75) is 33.2 Å². The third kappa shape index (κ3) is 7.54. The van der Waals surface area contributed by atoms with Crippen LogP contribution in [0.1, 0.15) is 26.7 Å². The third-order valence-corrected chi connectivity index (χ3v) is 2.28. The first kappa shape index (κ1) is 10.6. The lowest BCUT2D eigenvalue weighted by molar-refractivity contribution is -0.133. The highest BCUT2D eigenvalue weighted by molar-refractivity contribution is 6.44. The second-order valence-corrected chi connectivity index (χ2v) is 3.76. The average Bonchev–Trinajstić information content (AvgIpc) is 1.86. The Labute approximate surface area is 69.5 Å². The molecule has 11 heavy (non-hydrogen) atoms. The van der Waals surface area contributed by atoms with E-state index in [1.165, 1.54) is 6.92 Å². The Kier molecular flexibility index (Phi) is 6.16. The fourth-order valence-electron chi connectivity index (χ4n) is 0.592. The SMILES string of the molecule is CCCCO[Si](C)OC(C)=O. The zero-order valence-electron chi connectivity index (χ0n) is 7.35. The summed E-state index contributed by atoms with van der Waals surface area (Å²) < 4.78 is 10.1. The molecule has 0 spiro atoms. The molecule has 1 radical (unpaired) electrons. The van der Waals surface area contributed by atoms with Crippen molar-refractivity contribution in [2.75, 3.05) is 6.61 Å². The molecule has 0 saturated carbocycles. The number of carbonyl (C=O) groups excluding carboxylic acids is 1. The van der Waals surface area contributed by atoms with Gasteiger partial charge in [-0.25, -0.2) is 0 Å². The molecular formula is C7H15O3Si. The van der Waals surface area contributed by atoms with Crippen molar-refractivity contribution >= 4 is 15.3 Å². The Balaban J connectivity index is 3.22. The van der Waals surface area contributed by atoms with Crippen LogP contribution in [0.2, 0.25) is 6.55 Å². The molecule has 65 valence electrons. The lowest BCUT2D eigenvalue weighted by Crippen LogP contribution is -2.21. The van der Waals surface area contributed by atoms with Crippen LogP contribution in [-0.2, 0) is 13.6 Å². The van der Waals surface area contributed by atoms with Crippen molar-refractivity contribution in [3.63, 3.8) is 0 Å². The van der Waals surface area contributed by atoms with Gasteiger partial charge in [0, 0.05) is 13.5 Å². The van der Waals surface area contributed by atoms with E-state index >= 15 is 0 Å². The lowest BCUT2D eigenvalue weighted by Gasteiger charge is -2.08. The molecule has 0 N–H and O–H groups in total. The van der Waals surface area contributed by atoms with E-state index in [4.69, 9.17) is 8.85 Å². The van der Waals surface area contributed by atoms with Gasteiger partial charge in [0.05, 0.1) is 0 Å². The van der Waals surface area contributed by atoms with Crippen molar-refractivity contribution in [3.8, 4) is 0 Å². The summed E-state index contributed by atoms with van der Waals surface area (Å²) in [7, 11) is -1.31. The third-order valence-electron chi connectivity index (χ3n) is 1.09. The maximum Gasteiger partial charge on any atom is 0.456 e. The molecule has 0 aliphatic rings.